The Balaban J connectivity index is 2.27. The Morgan fingerprint density at radius 2 is 1.94 bits per heavy atom. The van der Waals surface area contributed by atoms with Gasteiger partial charge in [0.05, 0.1) is 17.4 Å². The highest BCUT2D eigenvalue weighted by molar-refractivity contribution is 6.51. The first-order chi connectivity index (χ1) is 8.54. The number of anilines is 1. The Morgan fingerprint density at radius 3 is 2.61 bits per heavy atom. The third-order valence-corrected chi connectivity index (χ3v) is 2.87. The van der Waals surface area contributed by atoms with Gasteiger partial charge in [0, 0.05) is 6.61 Å². The molecule has 1 aliphatic rings. The van der Waals surface area contributed by atoms with Crippen LogP contribution < -0.4 is 5.32 Å². The first-order valence-electron chi connectivity index (χ1n) is 5.51. The summed E-state index contributed by atoms with van der Waals surface area (Å²) in [6, 6.07) is 4.39. The molecule has 1 aliphatic heterocycles. The van der Waals surface area contributed by atoms with Crippen molar-refractivity contribution in [2.24, 2.45) is 0 Å². The van der Waals surface area contributed by atoms with Gasteiger partial charge in [-0.05, 0) is 24.1 Å². The maximum atomic E-state index is 11.5. The average molecular weight is 251 g/mol. The number of hydrogen-bond donors (Lipinski definition) is 4. The fourth-order valence-electron chi connectivity index (χ4n) is 1.86. The molecule has 0 radical (unpaired) electrons. The molecule has 0 fully saturated rings. The number of nitrogens with one attached hydrogen (secondary N) is 1. The number of aliphatic hydroxyl groups is 3. The molecule has 0 saturated heterocycles. The van der Waals surface area contributed by atoms with Crippen LogP contribution in [0.3, 0.4) is 0 Å². The molecule has 0 saturated carbocycles. The lowest BCUT2D eigenvalue weighted by Crippen LogP contribution is -2.19. The normalized spacial score (nSPS) is 17.3. The second-order valence-corrected chi connectivity index (χ2v) is 4.11. The predicted octanol–water partition coefficient (Wildman–Crippen LogP) is -0.402. The van der Waals surface area contributed by atoms with Gasteiger partial charge >= 0.3 is 0 Å². The van der Waals surface area contributed by atoms with Crippen LogP contribution in [0.2, 0.25) is 0 Å². The summed E-state index contributed by atoms with van der Waals surface area (Å²) in [6.07, 6.45) is -2.29. The van der Waals surface area contributed by atoms with Gasteiger partial charge in [0.1, 0.15) is 6.10 Å². The first-order valence-corrected chi connectivity index (χ1v) is 5.51. The van der Waals surface area contributed by atoms with Crippen molar-refractivity contribution in [2.45, 2.75) is 18.6 Å². The van der Waals surface area contributed by atoms with E-state index in [1.807, 2.05) is 0 Å². The smallest absolute Gasteiger partial charge is 0.296 e. The van der Waals surface area contributed by atoms with Crippen molar-refractivity contribution in [1.29, 1.82) is 0 Å². The summed E-state index contributed by atoms with van der Waals surface area (Å²) in [4.78, 5) is 22.6. The van der Waals surface area contributed by atoms with Crippen LogP contribution in [0.15, 0.2) is 18.2 Å². The number of amides is 1. The van der Waals surface area contributed by atoms with Crippen LogP contribution in [0.1, 0.15) is 28.4 Å². The molecule has 1 heterocycles. The zero-order valence-electron chi connectivity index (χ0n) is 9.46. The van der Waals surface area contributed by atoms with Crippen molar-refractivity contribution in [1.82, 2.24) is 0 Å². The van der Waals surface area contributed by atoms with Gasteiger partial charge in [-0.25, -0.2) is 0 Å². The summed E-state index contributed by atoms with van der Waals surface area (Å²) in [7, 11) is 0. The minimum atomic E-state index is -1.20. The second kappa shape index (κ2) is 4.85. The van der Waals surface area contributed by atoms with E-state index in [9.17, 15) is 19.8 Å². The molecule has 1 amide bonds. The molecule has 6 heteroatoms. The number of Topliss-reactive ketones (excluding diaryl/α,β-unsaturated/α-hetero) is 1. The summed E-state index contributed by atoms with van der Waals surface area (Å²) in [5.74, 6) is -1.36. The van der Waals surface area contributed by atoms with Gasteiger partial charge in [-0.3, -0.25) is 9.59 Å². The maximum Gasteiger partial charge on any atom is 0.296 e. The van der Waals surface area contributed by atoms with E-state index in [1.54, 1.807) is 0 Å². The third kappa shape index (κ3) is 2.13. The van der Waals surface area contributed by atoms with E-state index < -0.39 is 23.9 Å². The van der Waals surface area contributed by atoms with E-state index in [-0.39, 0.29) is 18.6 Å². The monoisotopic (exact) mass is 251 g/mol. The van der Waals surface area contributed by atoms with E-state index >= 15 is 0 Å². The number of aliphatic hydroxyl groups excluding tert-OH is 3. The van der Waals surface area contributed by atoms with Gasteiger partial charge in [0.2, 0.25) is 0 Å². The number of carbonyl (C=O) groups is 2. The van der Waals surface area contributed by atoms with Crippen LogP contribution in [0.25, 0.3) is 0 Å². The standard InChI is InChI=1S/C12H13NO5/c14-4-3-9(15)10(16)6-1-2-8-7(5-6)11(17)12(18)13-8/h1-2,5,9-10,14-16H,3-4H2,(H,13,17,18). The summed E-state index contributed by atoms with van der Waals surface area (Å²) >= 11 is 0. The molecular weight excluding hydrogens is 238 g/mol. The van der Waals surface area contributed by atoms with Crippen molar-refractivity contribution >= 4 is 17.4 Å². The molecule has 0 bridgehead atoms. The van der Waals surface area contributed by atoms with Crippen molar-refractivity contribution in [2.75, 3.05) is 11.9 Å². The zero-order valence-corrected chi connectivity index (χ0v) is 9.46. The fraction of sp³-hybridized carbons (Fsp3) is 0.333. The van der Waals surface area contributed by atoms with Crippen LogP contribution in [-0.4, -0.2) is 39.7 Å². The van der Waals surface area contributed by atoms with Crippen molar-refractivity contribution < 1.29 is 24.9 Å². The van der Waals surface area contributed by atoms with Gasteiger partial charge in [0.25, 0.3) is 11.7 Å². The van der Waals surface area contributed by atoms with Crippen LogP contribution in [0, 0.1) is 0 Å². The number of ketones is 1. The topological polar surface area (TPSA) is 107 Å². The lowest BCUT2D eigenvalue weighted by Gasteiger charge is -2.17. The molecule has 2 rings (SSSR count). The molecule has 0 aromatic heterocycles. The summed E-state index contributed by atoms with van der Waals surface area (Å²) in [5, 5.41) is 30.5. The Labute approximate surface area is 103 Å². The molecular formula is C12H13NO5. The molecule has 18 heavy (non-hydrogen) atoms. The van der Waals surface area contributed by atoms with Crippen LogP contribution in [0.4, 0.5) is 5.69 Å². The van der Waals surface area contributed by atoms with Gasteiger partial charge in [0.15, 0.2) is 0 Å². The third-order valence-electron chi connectivity index (χ3n) is 2.87. The fourth-order valence-corrected chi connectivity index (χ4v) is 1.86. The summed E-state index contributed by atoms with van der Waals surface area (Å²) in [5.41, 5.74) is 0.921. The highest BCUT2D eigenvalue weighted by Gasteiger charge is 2.29. The number of benzene rings is 1. The molecule has 6 nitrogen and oxygen atoms in total. The maximum absolute atomic E-state index is 11.5. The van der Waals surface area contributed by atoms with Gasteiger partial charge in [-0.2, -0.15) is 0 Å². The Hall–Kier alpha value is -1.76. The van der Waals surface area contributed by atoms with Gasteiger partial charge < -0.3 is 20.6 Å². The Morgan fingerprint density at radius 1 is 1.22 bits per heavy atom. The van der Waals surface area contributed by atoms with Crippen LogP contribution >= 0.6 is 0 Å². The van der Waals surface area contributed by atoms with E-state index in [4.69, 9.17) is 5.11 Å². The Kier molecular flexibility index (Phi) is 3.42. The summed E-state index contributed by atoms with van der Waals surface area (Å²) in [6.45, 7) is -0.248. The van der Waals surface area contributed by atoms with Gasteiger partial charge in [-0.15, -0.1) is 0 Å². The Bertz CT molecular complexity index is 499. The van der Waals surface area contributed by atoms with E-state index in [1.165, 1.54) is 18.2 Å². The largest absolute Gasteiger partial charge is 0.396 e. The number of rotatable bonds is 4. The molecule has 2 unspecified atom stereocenters. The average Bonchev–Trinajstić information content (AvgIpc) is 2.64. The van der Waals surface area contributed by atoms with Crippen LogP contribution in [-0.2, 0) is 4.79 Å². The first kappa shape index (κ1) is 12.7. The van der Waals surface area contributed by atoms with E-state index in [0.717, 1.165) is 0 Å². The highest BCUT2D eigenvalue weighted by Crippen LogP contribution is 2.28. The van der Waals surface area contributed by atoms with Crippen molar-refractivity contribution in [3.05, 3.63) is 29.3 Å². The zero-order chi connectivity index (χ0) is 13.3. The molecule has 1 aromatic carbocycles. The van der Waals surface area contributed by atoms with Crippen LogP contribution in [0.5, 0.6) is 0 Å². The van der Waals surface area contributed by atoms with Crippen molar-refractivity contribution in [3.63, 3.8) is 0 Å². The van der Waals surface area contributed by atoms with Crippen molar-refractivity contribution in [3.8, 4) is 0 Å². The number of fused-ring (bicyclic) bond motifs is 1. The minimum Gasteiger partial charge on any atom is -0.396 e. The van der Waals surface area contributed by atoms with E-state index in [2.05, 4.69) is 5.32 Å². The molecule has 4 N–H and O–H groups in total. The SMILES string of the molecule is O=C1Nc2ccc(C(O)C(O)CCO)cc2C1=O. The highest BCUT2D eigenvalue weighted by atomic mass is 16.3. The number of carbonyl (C=O) groups excluding carboxylic acids is 2. The molecule has 1 aromatic rings. The molecule has 0 spiro atoms. The molecule has 96 valence electrons. The summed E-state index contributed by atoms with van der Waals surface area (Å²) < 4.78 is 0. The second-order valence-electron chi connectivity index (χ2n) is 4.11. The lowest BCUT2D eigenvalue weighted by atomic mass is 9.99. The predicted molar refractivity (Wildman–Crippen MR) is 62.1 cm³/mol. The van der Waals surface area contributed by atoms with E-state index in [0.29, 0.717) is 11.3 Å². The van der Waals surface area contributed by atoms with Gasteiger partial charge in [-0.1, -0.05) is 6.07 Å². The quantitative estimate of drug-likeness (QED) is 0.545. The molecule has 2 atom stereocenters. The minimum absolute atomic E-state index is 0.0311. The lowest BCUT2D eigenvalue weighted by molar-refractivity contribution is -0.112. The molecule has 0 aliphatic carbocycles. The number of hydrogen-bond acceptors (Lipinski definition) is 5.